The summed E-state index contributed by atoms with van der Waals surface area (Å²) in [6, 6.07) is 19.7. The molecule has 0 radical (unpaired) electrons. The van der Waals surface area contributed by atoms with Gasteiger partial charge in [-0.1, -0.05) is 72.4 Å². The van der Waals surface area contributed by atoms with E-state index in [1.54, 1.807) is 23.6 Å². The Hall–Kier alpha value is -2.90. The summed E-state index contributed by atoms with van der Waals surface area (Å²) in [7, 11) is 3.52. The topological polar surface area (TPSA) is 55.2 Å². The summed E-state index contributed by atoms with van der Waals surface area (Å²) in [6.45, 7) is 2.40. The Bertz CT molecular complexity index is 1270. The highest BCUT2D eigenvalue weighted by Crippen LogP contribution is 2.32. The van der Waals surface area contributed by atoms with Crippen LogP contribution in [0.3, 0.4) is 0 Å². The number of thioether (sulfide) groups is 1. The average molecular weight is 450 g/mol. The molecule has 7 heteroatoms. The molecule has 2 aromatic heterocycles. The van der Waals surface area contributed by atoms with E-state index >= 15 is 0 Å². The predicted octanol–water partition coefficient (Wildman–Crippen LogP) is 4.80. The van der Waals surface area contributed by atoms with Crippen molar-refractivity contribution < 1.29 is 4.79 Å². The molecule has 0 fully saturated rings. The Balaban J connectivity index is 1.58. The van der Waals surface area contributed by atoms with Crippen LogP contribution < -0.4 is 5.56 Å². The normalized spacial score (nSPS) is 12.1. The third kappa shape index (κ3) is 4.43. The first-order valence-corrected chi connectivity index (χ1v) is 11.7. The molecule has 4 rings (SSSR count). The molecule has 5 nitrogen and oxygen atoms in total. The number of thiophene rings is 1. The van der Waals surface area contributed by atoms with E-state index < -0.39 is 0 Å². The van der Waals surface area contributed by atoms with E-state index in [-0.39, 0.29) is 16.7 Å². The molecular formula is C24H23N3O2S2. The standard InChI is InChI=1S/C24H23N3O2S2/c1-16(22(28)26(2)14-17-10-6-4-7-11-17)31-24-25-21-20(23(29)27(24)3)19(15-30-21)18-12-8-5-9-13-18/h4-13,15-16H,14H2,1-3H3. The van der Waals surface area contributed by atoms with Crippen LogP contribution >= 0.6 is 23.1 Å². The van der Waals surface area contributed by atoms with Crippen molar-refractivity contribution >= 4 is 39.2 Å². The van der Waals surface area contributed by atoms with Crippen molar-refractivity contribution in [1.29, 1.82) is 0 Å². The van der Waals surface area contributed by atoms with Crippen LogP contribution in [0.2, 0.25) is 0 Å². The summed E-state index contributed by atoms with van der Waals surface area (Å²) in [5.74, 6) is -0.000599. The monoisotopic (exact) mass is 449 g/mol. The molecule has 158 valence electrons. The lowest BCUT2D eigenvalue weighted by molar-refractivity contribution is -0.129. The summed E-state index contributed by atoms with van der Waals surface area (Å²) in [5, 5.41) is 2.79. The van der Waals surface area contributed by atoms with Crippen molar-refractivity contribution in [1.82, 2.24) is 14.5 Å². The van der Waals surface area contributed by atoms with Gasteiger partial charge >= 0.3 is 0 Å². The zero-order chi connectivity index (χ0) is 22.0. The Kier molecular flexibility index (Phi) is 6.25. The van der Waals surface area contributed by atoms with E-state index in [0.29, 0.717) is 21.9 Å². The minimum atomic E-state index is -0.363. The van der Waals surface area contributed by atoms with E-state index in [4.69, 9.17) is 4.98 Å². The summed E-state index contributed by atoms with van der Waals surface area (Å²) in [5.41, 5.74) is 2.88. The number of nitrogens with zero attached hydrogens (tertiary/aromatic N) is 3. The van der Waals surface area contributed by atoms with E-state index in [1.165, 1.54) is 23.1 Å². The van der Waals surface area contributed by atoms with Gasteiger partial charge in [-0.3, -0.25) is 14.2 Å². The van der Waals surface area contributed by atoms with Gasteiger partial charge in [0.05, 0.1) is 10.6 Å². The lowest BCUT2D eigenvalue weighted by atomic mass is 10.1. The van der Waals surface area contributed by atoms with Gasteiger partial charge in [0, 0.05) is 31.6 Å². The summed E-state index contributed by atoms with van der Waals surface area (Å²) >= 11 is 2.77. The Morgan fingerprint density at radius 1 is 1.13 bits per heavy atom. The number of rotatable bonds is 6. The molecule has 4 aromatic rings. The number of amides is 1. The minimum absolute atomic E-state index is 0.000599. The van der Waals surface area contributed by atoms with Crippen LogP contribution in [0.5, 0.6) is 0 Å². The highest BCUT2D eigenvalue weighted by molar-refractivity contribution is 8.00. The summed E-state index contributed by atoms with van der Waals surface area (Å²) in [4.78, 5) is 33.2. The highest BCUT2D eigenvalue weighted by Gasteiger charge is 2.22. The second-order valence-electron chi connectivity index (χ2n) is 7.39. The third-order valence-electron chi connectivity index (χ3n) is 5.13. The first kappa shape index (κ1) is 21.3. The van der Waals surface area contributed by atoms with Crippen LogP contribution in [0.15, 0.2) is 76.0 Å². The maximum absolute atomic E-state index is 13.2. The van der Waals surface area contributed by atoms with Gasteiger partial charge in [-0.05, 0) is 18.1 Å². The Morgan fingerprint density at radius 2 is 1.77 bits per heavy atom. The summed E-state index contributed by atoms with van der Waals surface area (Å²) < 4.78 is 1.55. The van der Waals surface area contributed by atoms with Gasteiger partial charge < -0.3 is 4.90 Å². The molecular weight excluding hydrogens is 426 g/mol. The largest absolute Gasteiger partial charge is 0.340 e. The SMILES string of the molecule is CC(Sc1nc2scc(-c3ccccc3)c2c(=O)n1C)C(=O)N(C)Cc1ccccc1. The molecule has 0 aliphatic heterocycles. The van der Waals surface area contributed by atoms with Crippen LogP contribution in [0.25, 0.3) is 21.3 Å². The van der Waals surface area contributed by atoms with Gasteiger partial charge in [-0.25, -0.2) is 4.98 Å². The summed E-state index contributed by atoms with van der Waals surface area (Å²) in [6.07, 6.45) is 0. The fourth-order valence-electron chi connectivity index (χ4n) is 3.44. The number of hydrogen-bond donors (Lipinski definition) is 0. The molecule has 1 atom stereocenters. The maximum Gasteiger partial charge on any atom is 0.263 e. The van der Waals surface area contributed by atoms with E-state index in [9.17, 15) is 9.59 Å². The predicted molar refractivity (Wildman–Crippen MR) is 129 cm³/mol. The van der Waals surface area contributed by atoms with Crippen LogP contribution in [0, 0.1) is 0 Å². The maximum atomic E-state index is 13.2. The Morgan fingerprint density at radius 3 is 2.45 bits per heavy atom. The molecule has 0 spiro atoms. The number of fused-ring (bicyclic) bond motifs is 1. The number of carbonyl (C=O) groups excluding carboxylic acids is 1. The Labute approximate surface area is 189 Å². The molecule has 0 saturated heterocycles. The zero-order valence-corrected chi connectivity index (χ0v) is 19.2. The van der Waals surface area contributed by atoms with Gasteiger partial charge in [-0.15, -0.1) is 11.3 Å². The van der Waals surface area contributed by atoms with E-state index in [2.05, 4.69) is 0 Å². The number of aromatic nitrogens is 2. The molecule has 2 aromatic carbocycles. The highest BCUT2D eigenvalue weighted by atomic mass is 32.2. The molecule has 0 aliphatic carbocycles. The van der Waals surface area contributed by atoms with Gasteiger partial charge in [-0.2, -0.15) is 0 Å². The molecule has 0 aliphatic rings. The lowest BCUT2D eigenvalue weighted by Crippen LogP contribution is -2.33. The van der Waals surface area contributed by atoms with Crippen LogP contribution in [0.4, 0.5) is 0 Å². The second-order valence-corrected chi connectivity index (χ2v) is 9.56. The first-order valence-electron chi connectivity index (χ1n) is 9.95. The van der Waals surface area contributed by atoms with Crippen molar-refractivity contribution in [3.63, 3.8) is 0 Å². The van der Waals surface area contributed by atoms with Crippen molar-refractivity contribution in [2.45, 2.75) is 23.9 Å². The molecule has 2 heterocycles. The van der Waals surface area contributed by atoms with Gasteiger partial charge in [0.25, 0.3) is 5.56 Å². The van der Waals surface area contributed by atoms with Gasteiger partial charge in [0.2, 0.25) is 5.91 Å². The fraction of sp³-hybridized carbons (Fsp3) is 0.208. The second kappa shape index (κ2) is 9.08. The van der Waals surface area contributed by atoms with Crippen molar-refractivity contribution in [3.05, 3.63) is 82.0 Å². The quantitative estimate of drug-likeness (QED) is 0.313. The lowest BCUT2D eigenvalue weighted by Gasteiger charge is -2.21. The van der Waals surface area contributed by atoms with E-state index in [1.807, 2.05) is 73.0 Å². The number of hydrogen-bond acceptors (Lipinski definition) is 5. The third-order valence-corrected chi connectivity index (χ3v) is 7.13. The van der Waals surface area contributed by atoms with Gasteiger partial charge in [0.15, 0.2) is 5.16 Å². The molecule has 1 unspecified atom stereocenters. The van der Waals surface area contributed by atoms with Gasteiger partial charge in [0.1, 0.15) is 4.83 Å². The molecule has 0 N–H and O–H groups in total. The number of benzene rings is 2. The number of carbonyl (C=O) groups is 1. The fourth-order valence-corrected chi connectivity index (χ4v) is 5.42. The van der Waals surface area contributed by atoms with Crippen LogP contribution in [0.1, 0.15) is 12.5 Å². The van der Waals surface area contributed by atoms with Crippen LogP contribution in [-0.2, 0) is 18.4 Å². The van der Waals surface area contributed by atoms with Crippen molar-refractivity contribution in [2.24, 2.45) is 7.05 Å². The zero-order valence-electron chi connectivity index (χ0n) is 17.6. The van der Waals surface area contributed by atoms with Crippen molar-refractivity contribution in [3.8, 4) is 11.1 Å². The van der Waals surface area contributed by atoms with Crippen molar-refractivity contribution in [2.75, 3.05) is 7.05 Å². The molecule has 0 saturated carbocycles. The molecule has 1 amide bonds. The minimum Gasteiger partial charge on any atom is -0.340 e. The molecule has 31 heavy (non-hydrogen) atoms. The first-order chi connectivity index (χ1) is 15.0. The average Bonchev–Trinajstić information content (AvgIpc) is 3.22. The molecule has 0 bridgehead atoms. The smallest absolute Gasteiger partial charge is 0.263 e. The van der Waals surface area contributed by atoms with Crippen LogP contribution in [-0.4, -0.2) is 32.7 Å². The van der Waals surface area contributed by atoms with E-state index in [0.717, 1.165) is 16.7 Å².